The first-order chi connectivity index (χ1) is 6.27. The molecule has 2 rings (SSSR count). The Morgan fingerprint density at radius 1 is 1.38 bits per heavy atom. The summed E-state index contributed by atoms with van der Waals surface area (Å²) in [6.45, 7) is 0. The molecule has 0 saturated heterocycles. The molecule has 0 heterocycles. The molecule has 0 aliphatic heterocycles. The second kappa shape index (κ2) is 3.21. The molecule has 1 unspecified atom stereocenters. The van der Waals surface area contributed by atoms with Gasteiger partial charge in [0, 0.05) is 0 Å². The number of carboxylic acid groups (broad SMARTS) is 1. The zero-order chi connectivity index (χ0) is 9.26. The van der Waals surface area contributed by atoms with Gasteiger partial charge < -0.3 is 5.11 Å². The van der Waals surface area contributed by atoms with Crippen molar-refractivity contribution >= 4 is 5.97 Å². The van der Waals surface area contributed by atoms with Crippen molar-refractivity contribution in [1.82, 2.24) is 0 Å². The lowest BCUT2D eigenvalue weighted by atomic mass is 10.1. The standard InChI is InChI=1S/C11H12O2/c12-11(13)10-7-9(10)6-8-4-2-1-3-5-8/h1-5,9-10H,6-7H2,(H,12,13)/t9?,10-/m1/s1. The molecular weight excluding hydrogens is 164 g/mol. The first kappa shape index (κ1) is 8.30. The summed E-state index contributed by atoms with van der Waals surface area (Å²) in [6, 6.07) is 10.1. The highest BCUT2D eigenvalue weighted by Crippen LogP contribution is 2.40. The van der Waals surface area contributed by atoms with Crippen LogP contribution >= 0.6 is 0 Å². The molecule has 0 amide bonds. The molecule has 2 atom stereocenters. The second-order valence-corrected chi connectivity index (χ2v) is 3.63. The monoisotopic (exact) mass is 176 g/mol. The number of benzene rings is 1. The molecular formula is C11H12O2. The third-order valence-corrected chi connectivity index (χ3v) is 2.58. The topological polar surface area (TPSA) is 37.3 Å². The van der Waals surface area contributed by atoms with Gasteiger partial charge in [0.25, 0.3) is 0 Å². The van der Waals surface area contributed by atoms with Crippen LogP contribution in [0.25, 0.3) is 0 Å². The minimum atomic E-state index is -0.638. The Hall–Kier alpha value is -1.31. The average Bonchev–Trinajstić information content (AvgIpc) is 2.86. The SMILES string of the molecule is O=C(O)[C@@H]1CC1Cc1ccccc1. The lowest BCUT2D eigenvalue weighted by Crippen LogP contribution is -2.00. The summed E-state index contributed by atoms with van der Waals surface area (Å²) in [5.74, 6) is -0.346. The minimum absolute atomic E-state index is 0.0831. The third kappa shape index (κ3) is 1.89. The van der Waals surface area contributed by atoms with Crippen LogP contribution in [0.4, 0.5) is 0 Å². The van der Waals surface area contributed by atoms with Crippen LogP contribution in [-0.2, 0) is 11.2 Å². The molecule has 2 nitrogen and oxygen atoms in total. The van der Waals surface area contributed by atoms with E-state index in [2.05, 4.69) is 12.1 Å². The molecule has 68 valence electrons. The van der Waals surface area contributed by atoms with Crippen LogP contribution in [0.3, 0.4) is 0 Å². The Morgan fingerprint density at radius 3 is 2.62 bits per heavy atom. The van der Waals surface area contributed by atoms with Crippen molar-refractivity contribution in [1.29, 1.82) is 0 Å². The van der Waals surface area contributed by atoms with Gasteiger partial charge in [0.15, 0.2) is 0 Å². The first-order valence-corrected chi connectivity index (χ1v) is 4.54. The molecule has 1 aliphatic rings. The highest BCUT2D eigenvalue weighted by atomic mass is 16.4. The lowest BCUT2D eigenvalue weighted by Gasteiger charge is -1.97. The normalized spacial score (nSPS) is 25.5. The lowest BCUT2D eigenvalue weighted by molar-refractivity contribution is -0.138. The third-order valence-electron chi connectivity index (χ3n) is 2.58. The fraction of sp³-hybridized carbons (Fsp3) is 0.364. The Balaban J connectivity index is 1.92. The van der Waals surface area contributed by atoms with E-state index >= 15 is 0 Å². The van der Waals surface area contributed by atoms with E-state index in [1.807, 2.05) is 18.2 Å². The maximum absolute atomic E-state index is 10.6. The average molecular weight is 176 g/mol. The molecule has 1 aliphatic carbocycles. The van der Waals surface area contributed by atoms with E-state index in [-0.39, 0.29) is 5.92 Å². The van der Waals surface area contributed by atoms with E-state index in [9.17, 15) is 4.79 Å². The summed E-state index contributed by atoms with van der Waals surface area (Å²) in [7, 11) is 0. The van der Waals surface area contributed by atoms with Crippen LogP contribution in [0.1, 0.15) is 12.0 Å². The molecule has 2 heteroatoms. The molecule has 1 fully saturated rings. The summed E-state index contributed by atoms with van der Waals surface area (Å²) < 4.78 is 0. The summed E-state index contributed by atoms with van der Waals surface area (Å²) in [5.41, 5.74) is 1.25. The van der Waals surface area contributed by atoms with Gasteiger partial charge in [0.05, 0.1) is 5.92 Å². The number of carbonyl (C=O) groups is 1. The van der Waals surface area contributed by atoms with Crippen molar-refractivity contribution in [3.05, 3.63) is 35.9 Å². The van der Waals surface area contributed by atoms with Gasteiger partial charge in [0.1, 0.15) is 0 Å². The smallest absolute Gasteiger partial charge is 0.306 e. The quantitative estimate of drug-likeness (QED) is 0.764. The predicted octanol–water partition coefficient (Wildman–Crippen LogP) is 1.95. The summed E-state index contributed by atoms with van der Waals surface area (Å²) in [6.07, 6.45) is 1.77. The van der Waals surface area contributed by atoms with Crippen LogP contribution in [0.5, 0.6) is 0 Å². The van der Waals surface area contributed by atoms with E-state index in [1.54, 1.807) is 0 Å². The fourth-order valence-corrected chi connectivity index (χ4v) is 1.69. The van der Waals surface area contributed by atoms with Crippen LogP contribution in [0.15, 0.2) is 30.3 Å². The Bertz CT molecular complexity index is 305. The van der Waals surface area contributed by atoms with Crippen LogP contribution in [0, 0.1) is 11.8 Å². The number of hydrogen-bond donors (Lipinski definition) is 1. The summed E-state index contributed by atoms with van der Waals surface area (Å²) in [4.78, 5) is 10.6. The maximum Gasteiger partial charge on any atom is 0.306 e. The van der Waals surface area contributed by atoms with Gasteiger partial charge in [-0.05, 0) is 24.3 Å². The van der Waals surface area contributed by atoms with Crippen molar-refractivity contribution in [3.63, 3.8) is 0 Å². The van der Waals surface area contributed by atoms with Crippen LogP contribution in [0.2, 0.25) is 0 Å². The van der Waals surface area contributed by atoms with Crippen molar-refractivity contribution < 1.29 is 9.90 Å². The van der Waals surface area contributed by atoms with Gasteiger partial charge >= 0.3 is 5.97 Å². The van der Waals surface area contributed by atoms with E-state index < -0.39 is 5.97 Å². The molecule has 1 aromatic rings. The molecule has 1 saturated carbocycles. The van der Waals surface area contributed by atoms with E-state index in [4.69, 9.17) is 5.11 Å². The van der Waals surface area contributed by atoms with Crippen molar-refractivity contribution in [2.45, 2.75) is 12.8 Å². The highest BCUT2D eigenvalue weighted by Gasteiger charge is 2.42. The van der Waals surface area contributed by atoms with Gasteiger partial charge in [-0.2, -0.15) is 0 Å². The number of rotatable bonds is 3. The van der Waals surface area contributed by atoms with E-state index in [0.717, 1.165) is 12.8 Å². The summed E-state index contributed by atoms with van der Waals surface area (Å²) >= 11 is 0. The Kier molecular flexibility index (Phi) is 2.05. The number of hydrogen-bond acceptors (Lipinski definition) is 1. The van der Waals surface area contributed by atoms with Gasteiger partial charge in [-0.15, -0.1) is 0 Å². The van der Waals surface area contributed by atoms with Crippen molar-refractivity contribution in [2.24, 2.45) is 11.8 Å². The van der Waals surface area contributed by atoms with E-state index in [0.29, 0.717) is 5.92 Å². The maximum atomic E-state index is 10.6. The van der Waals surface area contributed by atoms with Crippen LogP contribution in [-0.4, -0.2) is 11.1 Å². The molecule has 0 spiro atoms. The number of aliphatic carboxylic acids is 1. The molecule has 0 bridgehead atoms. The van der Waals surface area contributed by atoms with Gasteiger partial charge in [-0.3, -0.25) is 4.79 Å². The van der Waals surface area contributed by atoms with Crippen LogP contribution < -0.4 is 0 Å². The molecule has 0 aromatic heterocycles. The largest absolute Gasteiger partial charge is 0.481 e. The van der Waals surface area contributed by atoms with Crippen molar-refractivity contribution in [2.75, 3.05) is 0 Å². The highest BCUT2D eigenvalue weighted by molar-refractivity contribution is 5.73. The molecule has 1 aromatic carbocycles. The number of carboxylic acids is 1. The predicted molar refractivity (Wildman–Crippen MR) is 49.4 cm³/mol. The van der Waals surface area contributed by atoms with Gasteiger partial charge in [0.2, 0.25) is 0 Å². The molecule has 1 N–H and O–H groups in total. The fourth-order valence-electron chi connectivity index (χ4n) is 1.69. The summed E-state index contributed by atoms with van der Waals surface area (Å²) in [5, 5.41) is 8.70. The van der Waals surface area contributed by atoms with Gasteiger partial charge in [-0.25, -0.2) is 0 Å². The van der Waals surface area contributed by atoms with E-state index in [1.165, 1.54) is 5.56 Å². The van der Waals surface area contributed by atoms with Crippen molar-refractivity contribution in [3.8, 4) is 0 Å². The molecule has 0 radical (unpaired) electrons. The first-order valence-electron chi connectivity index (χ1n) is 4.54. The zero-order valence-electron chi connectivity index (χ0n) is 7.31. The Morgan fingerprint density at radius 2 is 2.08 bits per heavy atom. The zero-order valence-corrected chi connectivity index (χ0v) is 7.31. The Labute approximate surface area is 77.2 Å². The minimum Gasteiger partial charge on any atom is -0.481 e. The van der Waals surface area contributed by atoms with Gasteiger partial charge in [-0.1, -0.05) is 30.3 Å². The molecule has 13 heavy (non-hydrogen) atoms. The second-order valence-electron chi connectivity index (χ2n) is 3.63.